The molecule has 2 N–H and O–H groups in total. The van der Waals surface area contributed by atoms with Gasteiger partial charge in [0.25, 0.3) is 11.5 Å². The van der Waals surface area contributed by atoms with E-state index in [0.29, 0.717) is 16.6 Å². The molecule has 1 amide bonds. The maximum Gasteiger partial charge on any atom is 0.416 e. The zero-order valence-electron chi connectivity index (χ0n) is 14.1. The van der Waals surface area contributed by atoms with Crippen LogP contribution in [-0.4, -0.2) is 25.7 Å². The number of hydrogen-bond donors (Lipinski definition) is 2. The summed E-state index contributed by atoms with van der Waals surface area (Å²) < 4.78 is 39.1. The number of alkyl halides is 3. The molecule has 0 spiro atoms. The number of hydrogen-bond acceptors (Lipinski definition) is 4. The average Bonchev–Trinajstić information content (AvgIpc) is 3.12. The van der Waals surface area contributed by atoms with Crippen LogP contribution in [0.2, 0.25) is 0 Å². The highest BCUT2D eigenvalue weighted by Gasteiger charge is 2.30. The van der Waals surface area contributed by atoms with Gasteiger partial charge in [-0.05, 0) is 29.8 Å². The van der Waals surface area contributed by atoms with Gasteiger partial charge in [0.05, 0.1) is 16.6 Å². The van der Waals surface area contributed by atoms with Crippen LogP contribution in [0.3, 0.4) is 0 Å². The zero-order valence-corrected chi connectivity index (χ0v) is 14.1. The summed E-state index contributed by atoms with van der Waals surface area (Å²) in [5.41, 5.74) is 0.112. The molecule has 0 aliphatic carbocycles. The molecule has 142 valence electrons. The lowest BCUT2D eigenvalue weighted by molar-refractivity contribution is -0.137. The quantitative estimate of drug-likeness (QED) is 0.565. The number of nitrogens with zero attached hydrogens (tertiary/aromatic N) is 3. The van der Waals surface area contributed by atoms with E-state index in [1.165, 1.54) is 16.6 Å². The van der Waals surface area contributed by atoms with Crippen LogP contribution < -0.4 is 10.9 Å². The highest BCUT2D eigenvalue weighted by atomic mass is 19.4. The van der Waals surface area contributed by atoms with Crippen molar-refractivity contribution < 1.29 is 18.0 Å². The molecule has 4 rings (SSSR count). The van der Waals surface area contributed by atoms with Crippen molar-refractivity contribution in [3.05, 3.63) is 75.7 Å². The van der Waals surface area contributed by atoms with Crippen molar-refractivity contribution in [2.45, 2.75) is 12.7 Å². The molecule has 0 aliphatic heterocycles. The molecule has 10 heteroatoms. The van der Waals surface area contributed by atoms with Crippen molar-refractivity contribution in [3.63, 3.8) is 0 Å². The Morgan fingerprint density at radius 2 is 1.82 bits per heavy atom. The van der Waals surface area contributed by atoms with E-state index < -0.39 is 23.2 Å². The molecule has 0 saturated carbocycles. The third-order valence-corrected chi connectivity index (χ3v) is 4.22. The molecule has 2 aromatic carbocycles. The number of H-pyrrole nitrogens is 1. The van der Waals surface area contributed by atoms with Gasteiger partial charge in [-0.2, -0.15) is 13.2 Å². The first kappa shape index (κ1) is 17.7. The van der Waals surface area contributed by atoms with Gasteiger partial charge in [-0.15, -0.1) is 5.10 Å². The van der Waals surface area contributed by atoms with Crippen molar-refractivity contribution >= 4 is 22.5 Å². The highest BCUT2D eigenvalue weighted by molar-refractivity contribution is 5.99. The standard InChI is InChI=1S/C18H12F3N5O2/c19-18(20,21)11-7-5-10(6-8-11)9-22-16(27)14-15-17(28)23-12-3-1-2-4-13(12)26(15)25-24-14/h1-8H,9H2,(H,22,27)(H,23,28). The molecule has 0 radical (unpaired) electrons. The SMILES string of the molecule is O=C(NCc1ccc(C(F)(F)F)cc1)c1nnn2c1c(=O)[nH]c1ccccc12. The second-order valence-corrected chi connectivity index (χ2v) is 6.05. The van der Waals surface area contributed by atoms with Crippen LogP contribution in [0.1, 0.15) is 21.6 Å². The van der Waals surface area contributed by atoms with E-state index in [0.717, 1.165) is 12.1 Å². The molecular formula is C18H12F3N5O2. The Balaban J connectivity index is 1.60. The van der Waals surface area contributed by atoms with Gasteiger partial charge in [0.1, 0.15) is 0 Å². The minimum absolute atomic E-state index is 0.0105. The Morgan fingerprint density at radius 3 is 2.54 bits per heavy atom. The molecule has 0 bridgehead atoms. The molecule has 2 aromatic heterocycles. The predicted octanol–water partition coefficient (Wildman–Crippen LogP) is 2.52. The van der Waals surface area contributed by atoms with Crippen LogP contribution in [0, 0.1) is 0 Å². The van der Waals surface area contributed by atoms with Crippen molar-refractivity contribution in [1.82, 2.24) is 25.1 Å². The lowest BCUT2D eigenvalue weighted by Crippen LogP contribution is -2.25. The molecule has 0 fully saturated rings. The Labute approximate surface area is 154 Å². The van der Waals surface area contributed by atoms with Crippen LogP contribution in [0.15, 0.2) is 53.3 Å². The molecule has 4 aromatic rings. The van der Waals surface area contributed by atoms with E-state index >= 15 is 0 Å². The summed E-state index contributed by atoms with van der Waals surface area (Å²) in [6.07, 6.45) is -4.42. The summed E-state index contributed by atoms with van der Waals surface area (Å²) in [6.45, 7) is -0.0263. The fraction of sp³-hybridized carbons (Fsp3) is 0.111. The monoisotopic (exact) mass is 387 g/mol. The Hall–Kier alpha value is -3.69. The molecule has 7 nitrogen and oxygen atoms in total. The number of aromatic amines is 1. The van der Waals surface area contributed by atoms with Gasteiger partial charge in [-0.1, -0.05) is 29.5 Å². The molecule has 0 unspecified atom stereocenters. The molecule has 0 aliphatic rings. The predicted molar refractivity (Wildman–Crippen MR) is 93.7 cm³/mol. The smallest absolute Gasteiger partial charge is 0.346 e. The fourth-order valence-electron chi connectivity index (χ4n) is 2.83. The summed E-state index contributed by atoms with van der Waals surface area (Å²) in [7, 11) is 0. The highest BCUT2D eigenvalue weighted by Crippen LogP contribution is 2.29. The third kappa shape index (κ3) is 3.08. The molecule has 28 heavy (non-hydrogen) atoms. The van der Waals surface area contributed by atoms with Crippen LogP contribution >= 0.6 is 0 Å². The topological polar surface area (TPSA) is 92.2 Å². The molecule has 0 atom stereocenters. The number of benzene rings is 2. The summed E-state index contributed by atoms with van der Waals surface area (Å²) in [4.78, 5) is 27.5. The zero-order chi connectivity index (χ0) is 19.9. The molecule has 2 heterocycles. The van der Waals surface area contributed by atoms with Crippen molar-refractivity contribution in [2.75, 3.05) is 0 Å². The van der Waals surface area contributed by atoms with E-state index in [4.69, 9.17) is 0 Å². The third-order valence-electron chi connectivity index (χ3n) is 4.22. The normalized spacial score (nSPS) is 11.8. The lowest BCUT2D eigenvalue weighted by atomic mass is 10.1. The van der Waals surface area contributed by atoms with Crippen molar-refractivity contribution in [1.29, 1.82) is 0 Å². The number of rotatable bonds is 3. The first-order valence-corrected chi connectivity index (χ1v) is 8.15. The van der Waals surface area contributed by atoms with Crippen LogP contribution in [0.25, 0.3) is 16.6 Å². The van der Waals surface area contributed by atoms with Gasteiger partial charge < -0.3 is 10.3 Å². The fourth-order valence-corrected chi connectivity index (χ4v) is 2.83. The number of halogens is 3. The van der Waals surface area contributed by atoms with E-state index in [-0.39, 0.29) is 17.8 Å². The van der Waals surface area contributed by atoms with E-state index in [2.05, 4.69) is 20.6 Å². The van der Waals surface area contributed by atoms with Crippen LogP contribution in [0.5, 0.6) is 0 Å². The maximum atomic E-state index is 12.6. The number of para-hydroxylation sites is 2. The molecule has 0 saturated heterocycles. The van der Waals surface area contributed by atoms with Gasteiger partial charge in [0, 0.05) is 6.54 Å². The average molecular weight is 387 g/mol. The number of amides is 1. The second kappa shape index (κ2) is 6.48. The minimum atomic E-state index is -4.42. The van der Waals surface area contributed by atoms with Gasteiger partial charge in [0.2, 0.25) is 0 Å². The lowest BCUT2D eigenvalue weighted by Gasteiger charge is -2.08. The second-order valence-electron chi connectivity index (χ2n) is 6.05. The van der Waals surface area contributed by atoms with Crippen LogP contribution in [-0.2, 0) is 12.7 Å². The van der Waals surface area contributed by atoms with Crippen molar-refractivity contribution in [3.8, 4) is 0 Å². The van der Waals surface area contributed by atoms with Gasteiger partial charge in [0.15, 0.2) is 11.2 Å². The number of fused-ring (bicyclic) bond motifs is 3. The largest absolute Gasteiger partial charge is 0.416 e. The Bertz CT molecular complexity index is 1240. The number of aromatic nitrogens is 4. The Morgan fingerprint density at radius 1 is 1.11 bits per heavy atom. The van der Waals surface area contributed by atoms with E-state index in [1.807, 2.05) is 0 Å². The first-order valence-electron chi connectivity index (χ1n) is 8.15. The molecular weight excluding hydrogens is 375 g/mol. The number of carbonyl (C=O) groups is 1. The number of carbonyl (C=O) groups excluding carboxylic acids is 1. The minimum Gasteiger partial charge on any atom is -0.346 e. The maximum absolute atomic E-state index is 12.6. The van der Waals surface area contributed by atoms with Crippen LogP contribution in [0.4, 0.5) is 13.2 Å². The van der Waals surface area contributed by atoms with Crippen molar-refractivity contribution in [2.24, 2.45) is 0 Å². The summed E-state index contributed by atoms with van der Waals surface area (Å²) in [6, 6.07) is 11.3. The Kier molecular flexibility index (Phi) is 4.10. The van der Waals surface area contributed by atoms with E-state index in [9.17, 15) is 22.8 Å². The van der Waals surface area contributed by atoms with Gasteiger partial charge in [-0.25, -0.2) is 4.52 Å². The first-order chi connectivity index (χ1) is 13.3. The van der Waals surface area contributed by atoms with Gasteiger partial charge >= 0.3 is 6.18 Å². The van der Waals surface area contributed by atoms with E-state index in [1.54, 1.807) is 24.3 Å². The summed E-state index contributed by atoms with van der Waals surface area (Å²) >= 11 is 0. The summed E-state index contributed by atoms with van der Waals surface area (Å²) in [5.74, 6) is -0.657. The number of nitrogens with one attached hydrogen (secondary N) is 2. The summed E-state index contributed by atoms with van der Waals surface area (Å²) in [5, 5.41) is 10.2. The van der Waals surface area contributed by atoms with Gasteiger partial charge in [-0.3, -0.25) is 9.59 Å².